The smallest absolute Gasteiger partial charge is 0.308 e. The molecule has 0 aliphatic heterocycles. The van der Waals surface area contributed by atoms with E-state index in [9.17, 15) is 18.0 Å². The molecule has 2 rings (SSSR count). The lowest BCUT2D eigenvalue weighted by molar-refractivity contribution is -0.136. The fourth-order valence-electron chi connectivity index (χ4n) is 1.71. The highest BCUT2D eigenvalue weighted by Gasteiger charge is 2.32. The van der Waals surface area contributed by atoms with Crippen LogP contribution in [0, 0.1) is 0 Å². The van der Waals surface area contributed by atoms with Gasteiger partial charge in [-0.3, -0.25) is 0 Å². The number of alkyl halides is 3. The van der Waals surface area contributed by atoms with Gasteiger partial charge >= 0.3 is 12.2 Å². The van der Waals surface area contributed by atoms with Crippen molar-refractivity contribution in [3.05, 3.63) is 53.1 Å². The molecule has 0 aromatic heterocycles. The van der Waals surface area contributed by atoms with Gasteiger partial charge in [-0.15, -0.1) is 0 Å². The highest BCUT2D eigenvalue weighted by Crippen LogP contribution is 2.29. The van der Waals surface area contributed by atoms with E-state index in [1.807, 2.05) is 0 Å². The van der Waals surface area contributed by atoms with Gasteiger partial charge in [0.05, 0.1) is 5.56 Å². The molecule has 0 fully saturated rings. The van der Waals surface area contributed by atoms with Crippen LogP contribution in [0.3, 0.4) is 0 Å². The largest absolute Gasteiger partial charge is 0.415 e. The highest BCUT2D eigenvalue weighted by molar-refractivity contribution is 6.33. The molecule has 2 aromatic rings. The number of carbonyl (C=O) groups is 1. The second kappa shape index (κ2) is 6.31. The van der Waals surface area contributed by atoms with Gasteiger partial charge in [0.2, 0.25) is 0 Å². The Bertz CT molecular complexity index is 689. The minimum Gasteiger partial charge on any atom is -0.308 e. The average molecular weight is 324 g/mol. The van der Waals surface area contributed by atoms with Crippen molar-refractivity contribution in [1.82, 2.24) is 0 Å². The number of anilines is 2. The van der Waals surface area contributed by atoms with Gasteiger partial charge in [-0.25, -0.2) is 4.79 Å². The summed E-state index contributed by atoms with van der Waals surface area (Å²) in [5, 5.41) is 5.27. The lowest BCUT2D eigenvalue weighted by Gasteiger charge is -2.13. The number of halogens is 4. The van der Waals surface area contributed by atoms with E-state index in [-0.39, 0.29) is 5.69 Å². The minimum absolute atomic E-state index is 0.0204. The first-order valence-electron chi connectivity index (χ1n) is 6.06. The zero-order valence-corrected chi connectivity index (χ0v) is 11.8. The first kappa shape index (κ1) is 16.2. The van der Waals surface area contributed by atoms with Crippen LogP contribution in [0.4, 0.5) is 29.3 Å². The second-order valence-corrected chi connectivity index (χ2v) is 4.82. The topological polar surface area (TPSA) is 41.1 Å². The Balaban J connectivity index is 2.10. The maximum absolute atomic E-state index is 12.7. The monoisotopic (exact) mass is 324 g/mol. The lowest BCUT2D eigenvalue weighted by atomic mass is 9.90. The second-order valence-electron chi connectivity index (χ2n) is 4.39. The van der Waals surface area contributed by atoms with E-state index in [0.717, 1.165) is 12.1 Å². The molecule has 112 valence electrons. The first-order chi connectivity index (χ1) is 10.3. The minimum atomic E-state index is -4.59. The molecule has 0 aliphatic carbocycles. The van der Waals surface area contributed by atoms with Crippen LogP contribution in [-0.4, -0.2) is 13.9 Å². The summed E-state index contributed by atoms with van der Waals surface area (Å²) < 4.78 is 38.2. The van der Waals surface area contributed by atoms with Crippen LogP contribution in [-0.2, 0) is 6.18 Å². The lowest BCUT2D eigenvalue weighted by Crippen LogP contribution is -2.23. The summed E-state index contributed by atoms with van der Waals surface area (Å²) in [6.07, 6.45) is -4.59. The van der Waals surface area contributed by atoms with E-state index in [1.165, 1.54) is 6.07 Å². The van der Waals surface area contributed by atoms with Crippen molar-refractivity contribution in [2.24, 2.45) is 0 Å². The van der Waals surface area contributed by atoms with Crippen LogP contribution in [0.1, 0.15) is 5.56 Å². The average Bonchev–Trinajstić information content (AvgIpc) is 2.42. The number of rotatable bonds is 2. The summed E-state index contributed by atoms with van der Waals surface area (Å²) in [5.41, 5.74) is -0.977. The maximum Gasteiger partial charge on any atom is 0.415 e. The molecular weight excluding hydrogens is 315 g/mol. The molecule has 3 nitrogen and oxygen atoms in total. The van der Waals surface area contributed by atoms with Crippen molar-refractivity contribution in [3.8, 4) is 0 Å². The van der Waals surface area contributed by atoms with E-state index >= 15 is 0 Å². The van der Waals surface area contributed by atoms with Gasteiger partial charge in [-0.05, 0) is 36.4 Å². The Labute approximate surface area is 130 Å². The number of hydrogen-bond donors (Lipinski definition) is 2. The number of amides is 2. The summed E-state index contributed by atoms with van der Waals surface area (Å²) >= 11 is 5.71. The first-order valence-corrected chi connectivity index (χ1v) is 6.44. The molecule has 0 bridgehead atoms. The van der Waals surface area contributed by atoms with Crippen LogP contribution in [0.15, 0.2) is 42.5 Å². The van der Waals surface area contributed by atoms with E-state index in [4.69, 9.17) is 19.4 Å². The summed E-state index contributed by atoms with van der Waals surface area (Å²) in [6.45, 7) is 0. The Morgan fingerprint density at radius 2 is 1.55 bits per heavy atom. The van der Waals surface area contributed by atoms with Crippen molar-refractivity contribution >= 4 is 42.3 Å². The van der Waals surface area contributed by atoms with Crippen molar-refractivity contribution in [1.29, 1.82) is 0 Å². The fraction of sp³-hybridized carbons (Fsp3) is 0.0714. The van der Waals surface area contributed by atoms with Gasteiger partial charge in [0.1, 0.15) is 7.85 Å². The molecule has 0 saturated carbocycles. The molecule has 2 radical (unpaired) electrons. The fourth-order valence-corrected chi connectivity index (χ4v) is 1.83. The Morgan fingerprint density at radius 1 is 1.00 bits per heavy atom. The molecule has 0 atom stereocenters. The van der Waals surface area contributed by atoms with E-state index < -0.39 is 23.2 Å². The van der Waals surface area contributed by atoms with E-state index in [2.05, 4.69) is 10.6 Å². The van der Waals surface area contributed by atoms with Crippen LogP contribution in [0.25, 0.3) is 0 Å². The quantitative estimate of drug-likeness (QED) is 0.811. The Morgan fingerprint density at radius 3 is 2.14 bits per heavy atom. The summed E-state index contributed by atoms with van der Waals surface area (Å²) in [7, 11) is 5.28. The van der Waals surface area contributed by atoms with E-state index in [1.54, 1.807) is 24.3 Å². The van der Waals surface area contributed by atoms with Gasteiger partial charge in [-0.2, -0.15) is 13.2 Å². The molecule has 2 N–H and O–H groups in total. The van der Waals surface area contributed by atoms with Gasteiger partial charge in [-0.1, -0.05) is 23.1 Å². The zero-order valence-electron chi connectivity index (χ0n) is 11.0. The third-order valence-corrected chi connectivity index (χ3v) is 2.97. The van der Waals surface area contributed by atoms with Crippen molar-refractivity contribution in [2.45, 2.75) is 6.18 Å². The third-order valence-electron chi connectivity index (χ3n) is 2.72. The Kier molecular flexibility index (Phi) is 4.66. The number of urea groups is 1. The number of carbonyl (C=O) groups excluding carboxylic acids is 1. The molecule has 0 saturated heterocycles. The van der Waals surface area contributed by atoms with Gasteiger partial charge in [0.25, 0.3) is 0 Å². The molecule has 0 heterocycles. The predicted molar refractivity (Wildman–Crippen MR) is 80.9 cm³/mol. The van der Waals surface area contributed by atoms with Crippen molar-refractivity contribution in [3.63, 3.8) is 0 Å². The SMILES string of the molecule is [B]c1ccc(NC(=O)Nc2ccc(Cl)cc2)cc1C(F)(F)F. The molecule has 2 aromatic carbocycles. The molecule has 0 unspecified atom stereocenters. The van der Waals surface area contributed by atoms with E-state index in [0.29, 0.717) is 10.7 Å². The van der Waals surface area contributed by atoms with Crippen molar-refractivity contribution in [2.75, 3.05) is 10.6 Å². The van der Waals surface area contributed by atoms with Crippen LogP contribution >= 0.6 is 11.6 Å². The molecule has 22 heavy (non-hydrogen) atoms. The molecule has 0 aliphatic rings. The third kappa shape index (κ3) is 4.18. The summed E-state index contributed by atoms with van der Waals surface area (Å²) in [5.74, 6) is 0. The number of benzene rings is 2. The predicted octanol–water partition coefficient (Wildman–Crippen LogP) is 3.80. The molecule has 8 heteroatoms. The van der Waals surface area contributed by atoms with Crippen molar-refractivity contribution < 1.29 is 18.0 Å². The summed E-state index contributed by atoms with van der Waals surface area (Å²) in [6, 6.07) is 8.73. The molecular formula is C14H9BClF3N2O. The van der Waals surface area contributed by atoms with Gasteiger partial charge < -0.3 is 10.6 Å². The Hall–Kier alpha value is -2.15. The standard InChI is InChI=1S/C14H9BClF3N2O/c15-12-6-5-10(7-11(12)14(17,18)19)21-13(22)20-9-3-1-8(16)2-4-9/h1-7H,(H2,20,21,22). The van der Waals surface area contributed by atoms with Gasteiger partial charge in [0, 0.05) is 16.4 Å². The summed E-state index contributed by atoms with van der Waals surface area (Å²) in [4.78, 5) is 11.7. The zero-order chi connectivity index (χ0) is 16.3. The molecule has 0 spiro atoms. The van der Waals surface area contributed by atoms with Crippen LogP contribution < -0.4 is 16.1 Å². The van der Waals surface area contributed by atoms with Crippen LogP contribution in [0.2, 0.25) is 5.02 Å². The maximum atomic E-state index is 12.7. The molecule has 2 amide bonds. The number of hydrogen-bond acceptors (Lipinski definition) is 1. The van der Waals surface area contributed by atoms with Gasteiger partial charge in [0.15, 0.2) is 0 Å². The highest BCUT2D eigenvalue weighted by atomic mass is 35.5. The number of nitrogens with one attached hydrogen (secondary N) is 2. The normalized spacial score (nSPS) is 11.1. The van der Waals surface area contributed by atoms with Crippen LogP contribution in [0.5, 0.6) is 0 Å².